The van der Waals surface area contributed by atoms with E-state index in [0.717, 1.165) is 12.1 Å². The van der Waals surface area contributed by atoms with Crippen molar-refractivity contribution in [1.29, 1.82) is 0 Å². The second-order valence-electron chi connectivity index (χ2n) is 3.26. The highest BCUT2D eigenvalue weighted by atomic mass is 16.5. The number of H-pyrrole nitrogens is 1. The molecule has 1 aromatic rings. The molecule has 2 rings (SSSR count). The molecule has 0 aliphatic carbocycles. The van der Waals surface area contributed by atoms with Crippen LogP contribution in [-0.2, 0) is 9.53 Å². The molecule has 4 nitrogen and oxygen atoms in total. The Kier molecular flexibility index (Phi) is 2.04. The summed E-state index contributed by atoms with van der Waals surface area (Å²) in [7, 11) is 0. The van der Waals surface area contributed by atoms with E-state index < -0.39 is 0 Å². The molecule has 0 radical (unpaired) electrons. The van der Waals surface area contributed by atoms with E-state index in [-0.39, 0.29) is 17.8 Å². The van der Waals surface area contributed by atoms with E-state index >= 15 is 0 Å². The predicted octanol–water partition coefficient (Wildman–Crippen LogP) is 1.08. The molecule has 2 atom stereocenters. The maximum absolute atomic E-state index is 11.3. The van der Waals surface area contributed by atoms with Crippen molar-refractivity contribution in [1.82, 2.24) is 9.97 Å². The van der Waals surface area contributed by atoms with Crippen LogP contribution in [-0.4, -0.2) is 22.5 Å². The monoisotopic (exact) mass is 180 g/mol. The lowest BCUT2D eigenvalue weighted by atomic mass is 9.91. The summed E-state index contributed by atoms with van der Waals surface area (Å²) in [5.74, 6) is 0.0857. The van der Waals surface area contributed by atoms with Gasteiger partial charge in [-0.1, -0.05) is 6.92 Å². The molecule has 1 N–H and O–H groups in total. The van der Waals surface area contributed by atoms with Crippen molar-refractivity contribution in [2.24, 2.45) is 5.92 Å². The molecule has 0 spiro atoms. The van der Waals surface area contributed by atoms with Gasteiger partial charge in [-0.15, -0.1) is 0 Å². The van der Waals surface area contributed by atoms with Crippen LogP contribution in [0.4, 0.5) is 0 Å². The Bertz CT molecular complexity index is 295. The molecule has 1 fully saturated rings. The Labute approximate surface area is 76.3 Å². The van der Waals surface area contributed by atoms with Gasteiger partial charge < -0.3 is 9.72 Å². The minimum Gasteiger partial charge on any atom is -0.465 e. The largest absolute Gasteiger partial charge is 0.465 e. The number of imidazole rings is 1. The molecule has 0 amide bonds. The highest BCUT2D eigenvalue weighted by Crippen LogP contribution is 2.32. The van der Waals surface area contributed by atoms with E-state index in [4.69, 9.17) is 4.74 Å². The molecule has 70 valence electrons. The molecule has 1 aliphatic heterocycles. The first-order valence-corrected chi connectivity index (χ1v) is 4.47. The number of aromatic amines is 1. The van der Waals surface area contributed by atoms with Crippen LogP contribution in [0.2, 0.25) is 0 Å². The van der Waals surface area contributed by atoms with Crippen molar-refractivity contribution in [3.63, 3.8) is 0 Å². The van der Waals surface area contributed by atoms with Crippen LogP contribution < -0.4 is 0 Å². The molecular formula is C9H12N2O2. The standard InChI is InChI=1S/C9H12N2O2/c1-2-6-7(4-13-9(6)12)8-3-10-5-11-8/h3,5-7H,2,4H2,1H3,(H,10,11). The van der Waals surface area contributed by atoms with Gasteiger partial charge in [0.15, 0.2) is 0 Å². The lowest BCUT2D eigenvalue weighted by Gasteiger charge is -2.09. The van der Waals surface area contributed by atoms with Gasteiger partial charge in [0.1, 0.15) is 6.61 Å². The molecule has 0 saturated carbocycles. The molecule has 1 saturated heterocycles. The quantitative estimate of drug-likeness (QED) is 0.693. The summed E-state index contributed by atoms with van der Waals surface area (Å²) < 4.78 is 5.01. The zero-order valence-electron chi connectivity index (χ0n) is 7.49. The van der Waals surface area contributed by atoms with Gasteiger partial charge in [-0.2, -0.15) is 0 Å². The fourth-order valence-corrected chi connectivity index (χ4v) is 1.79. The minimum atomic E-state index is -0.0814. The lowest BCUT2D eigenvalue weighted by molar-refractivity contribution is -0.141. The Balaban J connectivity index is 2.21. The van der Waals surface area contributed by atoms with Crippen molar-refractivity contribution in [3.8, 4) is 0 Å². The van der Waals surface area contributed by atoms with Crippen LogP contribution in [0.1, 0.15) is 25.0 Å². The molecule has 1 aliphatic rings. The van der Waals surface area contributed by atoms with Gasteiger partial charge in [0.2, 0.25) is 0 Å². The van der Waals surface area contributed by atoms with Gasteiger partial charge in [0, 0.05) is 17.8 Å². The first-order valence-electron chi connectivity index (χ1n) is 4.47. The minimum absolute atomic E-state index is 0.000417. The maximum atomic E-state index is 11.3. The number of carbonyl (C=O) groups excluding carboxylic acids is 1. The van der Waals surface area contributed by atoms with Crippen LogP contribution in [0.5, 0.6) is 0 Å². The summed E-state index contributed by atoms with van der Waals surface area (Å²) >= 11 is 0. The molecule has 0 bridgehead atoms. The lowest BCUT2D eigenvalue weighted by Crippen LogP contribution is -2.13. The zero-order valence-corrected chi connectivity index (χ0v) is 7.49. The highest BCUT2D eigenvalue weighted by Gasteiger charge is 2.37. The topological polar surface area (TPSA) is 55.0 Å². The van der Waals surface area contributed by atoms with Crippen molar-refractivity contribution >= 4 is 5.97 Å². The third kappa shape index (κ3) is 1.32. The average Bonchev–Trinajstić information content (AvgIpc) is 2.71. The molecule has 2 heterocycles. The average molecular weight is 180 g/mol. The SMILES string of the molecule is CCC1C(=O)OCC1c1cnc[nH]1. The van der Waals surface area contributed by atoms with E-state index in [9.17, 15) is 4.79 Å². The molecule has 2 unspecified atom stereocenters. The first kappa shape index (κ1) is 8.29. The van der Waals surface area contributed by atoms with Gasteiger partial charge in [0.05, 0.1) is 12.2 Å². The summed E-state index contributed by atoms with van der Waals surface area (Å²) in [4.78, 5) is 18.2. The number of rotatable bonds is 2. The third-order valence-corrected chi connectivity index (χ3v) is 2.55. The van der Waals surface area contributed by atoms with Gasteiger partial charge >= 0.3 is 5.97 Å². The second-order valence-corrected chi connectivity index (χ2v) is 3.26. The van der Waals surface area contributed by atoms with E-state index in [1.165, 1.54) is 0 Å². The third-order valence-electron chi connectivity index (χ3n) is 2.55. The molecule has 1 aromatic heterocycles. The number of nitrogens with one attached hydrogen (secondary N) is 1. The Morgan fingerprint density at radius 1 is 1.77 bits per heavy atom. The van der Waals surface area contributed by atoms with E-state index in [1.807, 2.05) is 6.92 Å². The summed E-state index contributed by atoms with van der Waals surface area (Å²) in [5, 5.41) is 0. The fraction of sp³-hybridized carbons (Fsp3) is 0.556. The Hall–Kier alpha value is -1.32. The molecule has 0 aromatic carbocycles. The first-order chi connectivity index (χ1) is 6.33. The number of ether oxygens (including phenoxy) is 1. The number of hydrogen-bond donors (Lipinski definition) is 1. The van der Waals surface area contributed by atoms with Gasteiger partial charge in [-0.25, -0.2) is 4.98 Å². The highest BCUT2D eigenvalue weighted by molar-refractivity contribution is 5.75. The van der Waals surface area contributed by atoms with Crippen LogP contribution >= 0.6 is 0 Å². The van der Waals surface area contributed by atoms with Crippen LogP contribution in [0, 0.1) is 5.92 Å². The smallest absolute Gasteiger partial charge is 0.309 e. The van der Waals surface area contributed by atoms with Crippen LogP contribution in [0.3, 0.4) is 0 Å². The number of hydrogen-bond acceptors (Lipinski definition) is 3. The van der Waals surface area contributed by atoms with Crippen molar-refractivity contribution in [2.45, 2.75) is 19.3 Å². The molecular weight excluding hydrogens is 168 g/mol. The maximum Gasteiger partial charge on any atom is 0.309 e. The fourth-order valence-electron chi connectivity index (χ4n) is 1.79. The van der Waals surface area contributed by atoms with E-state index in [2.05, 4.69) is 9.97 Å². The molecule has 13 heavy (non-hydrogen) atoms. The van der Waals surface area contributed by atoms with Gasteiger partial charge in [-0.05, 0) is 6.42 Å². The number of cyclic esters (lactones) is 1. The van der Waals surface area contributed by atoms with E-state index in [0.29, 0.717) is 6.61 Å². The van der Waals surface area contributed by atoms with Gasteiger partial charge in [-0.3, -0.25) is 4.79 Å². The zero-order chi connectivity index (χ0) is 9.26. The second kappa shape index (κ2) is 3.20. The van der Waals surface area contributed by atoms with Crippen molar-refractivity contribution < 1.29 is 9.53 Å². The van der Waals surface area contributed by atoms with Crippen molar-refractivity contribution in [2.75, 3.05) is 6.61 Å². The van der Waals surface area contributed by atoms with Gasteiger partial charge in [0.25, 0.3) is 0 Å². The number of carbonyl (C=O) groups is 1. The predicted molar refractivity (Wildman–Crippen MR) is 46.1 cm³/mol. The normalized spacial score (nSPS) is 27.6. The van der Waals surface area contributed by atoms with Crippen LogP contribution in [0.15, 0.2) is 12.5 Å². The van der Waals surface area contributed by atoms with Crippen LogP contribution in [0.25, 0.3) is 0 Å². The van der Waals surface area contributed by atoms with Crippen molar-refractivity contribution in [3.05, 3.63) is 18.2 Å². The summed E-state index contributed by atoms with van der Waals surface area (Å²) in [6, 6.07) is 0. The summed E-state index contributed by atoms with van der Waals surface area (Å²) in [6.07, 6.45) is 4.21. The number of esters is 1. The number of nitrogens with zero attached hydrogens (tertiary/aromatic N) is 1. The van der Waals surface area contributed by atoms with E-state index in [1.54, 1.807) is 12.5 Å². The number of aromatic nitrogens is 2. The summed E-state index contributed by atoms with van der Waals surface area (Å²) in [5.41, 5.74) is 0.998. The molecule has 4 heteroatoms. The Morgan fingerprint density at radius 2 is 2.62 bits per heavy atom. The summed E-state index contributed by atoms with van der Waals surface area (Å²) in [6.45, 7) is 2.49. The Morgan fingerprint density at radius 3 is 3.23 bits per heavy atom.